The van der Waals surface area contributed by atoms with E-state index in [0.717, 1.165) is 28.0 Å². The molecule has 0 radical (unpaired) electrons. The molecule has 16 heavy (non-hydrogen) atoms. The van der Waals surface area contributed by atoms with Crippen molar-refractivity contribution in [3.63, 3.8) is 0 Å². The van der Waals surface area contributed by atoms with Crippen LogP contribution < -0.4 is 14.8 Å². The summed E-state index contributed by atoms with van der Waals surface area (Å²) in [5.74, 6) is 1.48. The molecule has 84 valence electrons. The Balaban J connectivity index is 2.82. The van der Waals surface area contributed by atoms with Crippen molar-refractivity contribution in [1.82, 2.24) is 0 Å². The Labute approximate surface area is 95.0 Å². The Kier molecular flexibility index (Phi) is 2.86. The second-order valence-corrected chi connectivity index (χ2v) is 3.46. The number of benzene rings is 2. The van der Waals surface area contributed by atoms with Crippen LogP contribution in [0.3, 0.4) is 0 Å². The summed E-state index contributed by atoms with van der Waals surface area (Å²) >= 11 is 0. The third kappa shape index (κ3) is 1.54. The minimum absolute atomic E-state index is 0.740. The van der Waals surface area contributed by atoms with E-state index in [9.17, 15) is 0 Å². The predicted octanol–water partition coefficient (Wildman–Crippen LogP) is 2.90. The lowest BCUT2D eigenvalue weighted by molar-refractivity contribution is 0.357. The van der Waals surface area contributed by atoms with Gasteiger partial charge in [-0.25, -0.2) is 0 Å². The highest BCUT2D eigenvalue weighted by atomic mass is 16.5. The topological polar surface area (TPSA) is 30.5 Å². The van der Waals surface area contributed by atoms with Crippen LogP contribution in [0.2, 0.25) is 0 Å². The van der Waals surface area contributed by atoms with Crippen LogP contribution in [-0.4, -0.2) is 21.3 Å². The van der Waals surface area contributed by atoms with E-state index in [2.05, 4.69) is 17.4 Å². The standard InChI is InChI=1S/C13H15NO2/c1-14-12-10-7-5-4-6-9(10)8-11(15-2)13(12)16-3/h4-8,14H,1-3H3. The molecule has 0 spiro atoms. The van der Waals surface area contributed by atoms with Crippen LogP contribution in [0.25, 0.3) is 10.8 Å². The van der Waals surface area contributed by atoms with Gasteiger partial charge in [0.1, 0.15) is 0 Å². The van der Waals surface area contributed by atoms with Gasteiger partial charge in [0.2, 0.25) is 0 Å². The summed E-state index contributed by atoms with van der Waals surface area (Å²) in [4.78, 5) is 0. The van der Waals surface area contributed by atoms with Gasteiger partial charge in [-0.05, 0) is 11.5 Å². The summed E-state index contributed by atoms with van der Waals surface area (Å²) in [7, 11) is 5.17. The number of hydrogen-bond donors (Lipinski definition) is 1. The molecule has 2 aromatic rings. The largest absolute Gasteiger partial charge is 0.493 e. The van der Waals surface area contributed by atoms with Crippen molar-refractivity contribution in [2.75, 3.05) is 26.6 Å². The Bertz CT molecular complexity index is 509. The molecule has 2 aromatic carbocycles. The van der Waals surface area contributed by atoms with Crippen molar-refractivity contribution < 1.29 is 9.47 Å². The van der Waals surface area contributed by atoms with Gasteiger partial charge < -0.3 is 14.8 Å². The molecule has 1 N–H and O–H groups in total. The van der Waals surface area contributed by atoms with Crippen molar-refractivity contribution in [2.45, 2.75) is 0 Å². The zero-order valence-corrected chi connectivity index (χ0v) is 9.70. The lowest BCUT2D eigenvalue weighted by Crippen LogP contribution is -1.98. The average molecular weight is 217 g/mol. The van der Waals surface area contributed by atoms with Gasteiger partial charge in [0.05, 0.1) is 19.9 Å². The molecule has 0 aliphatic carbocycles. The van der Waals surface area contributed by atoms with Crippen molar-refractivity contribution in [1.29, 1.82) is 0 Å². The van der Waals surface area contributed by atoms with E-state index in [1.807, 2.05) is 25.2 Å². The monoisotopic (exact) mass is 217 g/mol. The first kappa shape index (κ1) is 10.6. The highest BCUT2D eigenvalue weighted by Crippen LogP contribution is 2.41. The molecule has 0 bridgehead atoms. The van der Waals surface area contributed by atoms with Gasteiger partial charge in [0.15, 0.2) is 11.5 Å². The Morgan fingerprint density at radius 2 is 1.81 bits per heavy atom. The maximum Gasteiger partial charge on any atom is 0.184 e. The van der Waals surface area contributed by atoms with Crippen LogP contribution in [-0.2, 0) is 0 Å². The number of methoxy groups -OCH3 is 2. The van der Waals surface area contributed by atoms with E-state index in [1.165, 1.54) is 0 Å². The average Bonchev–Trinajstić information content (AvgIpc) is 2.36. The molecule has 2 rings (SSSR count). The van der Waals surface area contributed by atoms with Crippen LogP contribution >= 0.6 is 0 Å². The Morgan fingerprint density at radius 3 is 2.44 bits per heavy atom. The zero-order valence-electron chi connectivity index (χ0n) is 9.70. The number of anilines is 1. The molecule has 0 aromatic heterocycles. The fraction of sp³-hybridized carbons (Fsp3) is 0.231. The molecule has 0 atom stereocenters. The highest BCUT2D eigenvalue weighted by Gasteiger charge is 2.12. The van der Waals surface area contributed by atoms with Crippen molar-refractivity contribution in [3.8, 4) is 11.5 Å². The molecular weight excluding hydrogens is 202 g/mol. The van der Waals surface area contributed by atoms with Gasteiger partial charge in [0, 0.05) is 12.4 Å². The van der Waals surface area contributed by atoms with Gasteiger partial charge >= 0.3 is 0 Å². The fourth-order valence-corrected chi connectivity index (χ4v) is 1.91. The molecular formula is C13H15NO2. The third-order valence-corrected chi connectivity index (χ3v) is 2.64. The Hall–Kier alpha value is -1.90. The van der Waals surface area contributed by atoms with E-state index in [1.54, 1.807) is 14.2 Å². The van der Waals surface area contributed by atoms with Gasteiger partial charge in [-0.1, -0.05) is 24.3 Å². The quantitative estimate of drug-likeness (QED) is 0.857. The van der Waals surface area contributed by atoms with Crippen LogP contribution in [0.5, 0.6) is 11.5 Å². The first-order valence-corrected chi connectivity index (χ1v) is 5.13. The third-order valence-electron chi connectivity index (χ3n) is 2.64. The minimum Gasteiger partial charge on any atom is -0.493 e. The number of rotatable bonds is 3. The second-order valence-electron chi connectivity index (χ2n) is 3.46. The SMILES string of the molecule is CNc1c(OC)c(OC)cc2ccccc12. The van der Waals surface area contributed by atoms with E-state index in [0.29, 0.717) is 0 Å². The van der Waals surface area contributed by atoms with Crippen molar-refractivity contribution in [3.05, 3.63) is 30.3 Å². The van der Waals surface area contributed by atoms with Crippen LogP contribution in [0.1, 0.15) is 0 Å². The molecule has 0 saturated heterocycles. The zero-order chi connectivity index (χ0) is 11.5. The van der Waals surface area contributed by atoms with Gasteiger partial charge in [-0.3, -0.25) is 0 Å². The maximum absolute atomic E-state index is 5.38. The number of nitrogens with one attached hydrogen (secondary N) is 1. The summed E-state index contributed by atoms with van der Waals surface area (Å²) in [6.45, 7) is 0. The van der Waals surface area contributed by atoms with E-state index in [4.69, 9.17) is 9.47 Å². The summed E-state index contributed by atoms with van der Waals surface area (Å²) in [5, 5.41) is 5.42. The molecule has 0 heterocycles. The van der Waals surface area contributed by atoms with Crippen LogP contribution in [0, 0.1) is 0 Å². The van der Waals surface area contributed by atoms with Crippen LogP contribution in [0.15, 0.2) is 30.3 Å². The Morgan fingerprint density at radius 1 is 1.06 bits per heavy atom. The lowest BCUT2D eigenvalue weighted by atomic mass is 10.1. The normalized spacial score (nSPS) is 10.2. The molecule has 0 unspecified atom stereocenters. The number of fused-ring (bicyclic) bond motifs is 1. The summed E-state index contributed by atoms with van der Waals surface area (Å²) in [5.41, 5.74) is 0.956. The lowest BCUT2D eigenvalue weighted by Gasteiger charge is -2.15. The van der Waals surface area contributed by atoms with Crippen molar-refractivity contribution >= 4 is 16.5 Å². The van der Waals surface area contributed by atoms with Crippen molar-refractivity contribution in [2.24, 2.45) is 0 Å². The molecule has 3 nitrogen and oxygen atoms in total. The highest BCUT2D eigenvalue weighted by molar-refractivity contribution is 5.99. The molecule has 0 aliphatic heterocycles. The molecule has 0 amide bonds. The van der Waals surface area contributed by atoms with Gasteiger partial charge in [-0.15, -0.1) is 0 Å². The van der Waals surface area contributed by atoms with E-state index < -0.39 is 0 Å². The summed E-state index contributed by atoms with van der Waals surface area (Å²) in [6.07, 6.45) is 0. The maximum atomic E-state index is 5.38. The van der Waals surface area contributed by atoms with Crippen LogP contribution in [0.4, 0.5) is 5.69 Å². The first-order chi connectivity index (χ1) is 7.81. The smallest absolute Gasteiger partial charge is 0.184 e. The fourth-order valence-electron chi connectivity index (χ4n) is 1.91. The van der Waals surface area contributed by atoms with Gasteiger partial charge in [-0.2, -0.15) is 0 Å². The first-order valence-electron chi connectivity index (χ1n) is 5.13. The minimum atomic E-state index is 0.740. The molecule has 0 saturated carbocycles. The molecule has 0 aliphatic rings. The predicted molar refractivity (Wildman–Crippen MR) is 66.6 cm³/mol. The summed E-state index contributed by atoms with van der Waals surface area (Å²) in [6, 6.07) is 10.1. The molecule has 0 fully saturated rings. The van der Waals surface area contributed by atoms with E-state index >= 15 is 0 Å². The summed E-state index contributed by atoms with van der Waals surface area (Å²) < 4.78 is 10.7. The number of ether oxygens (including phenoxy) is 2. The second kappa shape index (κ2) is 4.31. The van der Waals surface area contributed by atoms with Gasteiger partial charge in [0.25, 0.3) is 0 Å². The molecule has 3 heteroatoms. The number of hydrogen-bond acceptors (Lipinski definition) is 3. The van der Waals surface area contributed by atoms with E-state index in [-0.39, 0.29) is 0 Å².